The molecule has 0 spiro atoms. The zero-order valence-corrected chi connectivity index (χ0v) is 11.5. The SMILES string of the molecule is CC(C)c1nccn1-c1cccc(C2CCCN2)n1. The van der Waals surface area contributed by atoms with Gasteiger partial charge >= 0.3 is 0 Å². The smallest absolute Gasteiger partial charge is 0.138 e. The van der Waals surface area contributed by atoms with Crippen LogP contribution in [0.15, 0.2) is 30.6 Å². The van der Waals surface area contributed by atoms with E-state index in [-0.39, 0.29) is 0 Å². The van der Waals surface area contributed by atoms with Gasteiger partial charge in [0.05, 0.1) is 5.69 Å². The van der Waals surface area contributed by atoms with Crippen molar-refractivity contribution in [2.24, 2.45) is 0 Å². The normalized spacial score (nSPS) is 19.2. The Kier molecular flexibility index (Phi) is 3.34. The molecule has 0 aromatic carbocycles. The van der Waals surface area contributed by atoms with Gasteiger partial charge in [-0.25, -0.2) is 9.97 Å². The number of imidazole rings is 1. The predicted octanol–water partition coefficient (Wildman–Crippen LogP) is 2.82. The van der Waals surface area contributed by atoms with E-state index in [2.05, 4.69) is 40.8 Å². The van der Waals surface area contributed by atoms with Crippen LogP contribution in [0.5, 0.6) is 0 Å². The van der Waals surface area contributed by atoms with E-state index in [4.69, 9.17) is 4.98 Å². The van der Waals surface area contributed by atoms with Crippen molar-refractivity contribution >= 4 is 0 Å². The summed E-state index contributed by atoms with van der Waals surface area (Å²) < 4.78 is 2.09. The average molecular weight is 256 g/mol. The van der Waals surface area contributed by atoms with Gasteiger partial charge < -0.3 is 5.32 Å². The summed E-state index contributed by atoms with van der Waals surface area (Å²) in [6.07, 6.45) is 6.25. The third kappa shape index (κ3) is 2.40. The molecule has 100 valence electrons. The molecule has 3 rings (SSSR count). The first-order chi connectivity index (χ1) is 9.25. The lowest BCUT2D eigenvalue weighted by atomic mass is 10.1. The van der Waals surface area contributed by atoms with Crippen LogP contribution in [-0.2, 0) is 0 Å². The molecular weight excluding hydrogens is 236 g/mol. The lowest BCUT2D eigenvalue weighted by Crippen LogP contribution is -2.15. The fourth-order valence-corrected chi connectivity index (χ4v) is 2.64. The van der Waals surface area contributed by atoms with Crippen molar-refractivity contribution in [1.29, 1.82) is 0 Å². The first-order valence-corrected chi connectivity index (χ1v) is 6.99. The van der Waals surface area contributed by atoms with Gasteiger partial charge in [0.2, 0.25) is 0 Å². The lowest BCUT2D eigenvalue weighted by Gasteiger charge is -2.13. The van der Waals surface area contributed by atoms with Gasteiger partial charge in [-0.15, -0.1) is 0 Å². The van der Waals surface area contributed by atoms with Gasteiger partial charge in [-0.3, -0.25) is 4.57 Å². The van der Waals surface area contributed by atoms with Crippen LogP contribution in [0.4, 0.5) is 0 Å². The molecule has 1 saturated heterocycles. The summed E-state index contributed by atoms with van der Waals surface area (Å²) >= 11 is 0. The Hall–Kier alpha value is -1.68. The molecule has 1 fully saturated rings. The molecule has 0 aliphatic carbocycles. The molecule has 19 heavy (non-hydrogen) atoms. The van der Waals surface area contributed by atoms with Crippen molar-refractivity contribution in [3.8, 4) is 5.82 Å². The number of hydrogen-bond donors (Lipinski definition) is 1. The van der Waals surface area contributed by atoms with E-state index < -0.39 is 0 Å². The largest absolute Gasteiger partial charge is 0.309 e. The molecule has 2 aromatic rings. The standard InChI is InChI=1S/C15H20N4/c1-11(2)15-17-9-10-19(15)14-7-3-5-13(18-14)12-6-4-8-16-12/h3,5,7,9-12,16H,4,6,8H2,1-2H3. The molecule has 2 aromatic heterocycles. The van der Waals surface area contributed by atoms with E-state index in [1.54, 1.807) is 0 Å². The molecule has 1 aliphatic rings. The lowest BCUT2D eigenvalue weighted by molar-refractivity contribution is 0.624. The molecule has 0 amide bonds. The van der Waals surface area contributed by atoms with Crippen molar-refractivity contribution in [3.63, 3.8) is 0 Å². The Morgan fingerprint density at radius 2 is 2.26 bits per heavy atom. The van der Waals surface area contributed by atoms with Crippen molar-refractivity contribution in [1.82, 2.24) is 19.9 Å². The van der Waals surface area contributed by atoms with Gasteiger partial charge in [0.25, 0.3) is 0 Å². The third-order valence-electron chi connectivity index (χ3n) is 3.61. The highest BCUT2D eigenvalue weighted by atomic mass is 15.1. The minimum atomic E-state index is 0.394. The van der Waals surface area contributed by atoms with Crippen LogP contribution in [0.3, 0.4) is 0 Å². The number of rotatable bonds is 3. The first-order valence-electron chi connectivity index (χ1n) is 6.99. The Balaban J connectivity index is 1.96. The maximum absolute atomic E-state index is 4.80. The zero-order valence-electron chi connectivity index (χ0n) is 11.5. The van der Waals surface area contributed by atoms with Crippen LogP contribution in [0.1, 0.15) is 50.2 Å². The van der Waals surface area contributed by atoms with Gasteiger partial charge in [0.15, 0.2) is 0 Å². The third-order valence-corrected chi connectivity index (χ3v) is 3.61. The Morgan fingerprint density at radius 1 is 1.37 bits per heavy atom. The Bertz CT molecular complexity index is 553. The molecule has 1 N–H and O–H groups in total. The summed E-state index contributed by atoms with van der Waals surface area (Å²) in [6.45, 7) is 5.40. The number of hydrogen-bond acceptors (Lipinski definition) is 3. The van der Waals surface area contributed by atoms with Crippen LogP contribution < -0.4 is 5.32 Å². The van der Waals surface area contributed by atoms with Gasteiger partial charge in [-0.1, -0.05) is 19.9 Å². The summed E-state index contributed by atoms with van der Waals surface area (Å²) in [5.41, 5.74) is 1.14. The van der Waals surface area contributed by atoms with Crippen LogP contribution in [0.25, 0.3) is 5.82 Å². The monoisotopic (exact) mass is 256 g/mol. The molecule has 4 nitrogen and oxygen atoms in total. The van der Waals surface area contributed by atoms with E-state index in [0.717, 1.165) is 23.9 Å². The molecule has 3 heterocycles. The highest BCUT2D eigenvalue weighted by Crippen LogP contribution is 2.23. The first kappa shape index (κ1) is 12.4. The average Bonchev–Trinajstić information content (AvgIpc) is 3.10. The molecule has 1 unspecified atom stereocenters. The van der Waals surface area contributed by atoms with E-state index in [9.17, 15) is 0 Å². The minimum absolute atomic E-state index is 0.394. The number of pyridine rings is 1. The van der Waals surface area contributed by atoms with Crippen LogP contribution >= 0.6 is 0 Å². The summed E-state index contributed by atoms with van der Waals surface area (Å²) in [7, 11) is 0. The van der Waals surface area contributed by atoms with Crippen molar-refractivity contribution in [2.75, 3.05) is 6.54 Å². The molecule has 4 heteroatoms. The van der Waals surface area contributed by atoms with Crippen LogP contribution in [0.2, 0.25) is 0 Å². The second-order valence-corrected chi connectivity index (χ2v) is 5.38. The Labute approximate surface area is 113 Å². The summed E-state index contributed by atoms with van der Waals surface area (Å²) in [6, 6.07) is 6.65. The van der Waals surface area contributed by atoms with Gasteiger partial charge in [-0.05, 0) is 31.5 Å². The van der Waals surface area contributed by atoms with Crippen molar-refractivity contribution < 1.29 is 0 Å². The maximum atomic E-state index is 4.80. The second kappa shape index (κ2) is 5.13. The molecule has 0 saturated carbocycles. The minimum Gasteiger partial charge on any atom is -0.309 e. The quantitative estimate of drug-likeness (QED) is 0.918. The fourth-order valence-electron chi connectivity index (χ4n) is 2.64. The van der Waals surface area contributed by atoms with Gasteiger partial charge in [-0.2, -0.15) is 0 Å². The highest BCUT2D eigenvalue weighted by Gasteiger charge is 2.18. The molecule has 0 radical (unpaired) electrons. The van der Waals surface area contributed by atoms with Gasteiger partial charge in [0, 0.05) is 24.4 Å². The summed E-state index contributed by atoms with van der Waals surface area (Å²) in [4.78, 5) is 9.23. The predicted molar refractivity (Wildman–Crippen MR) is 75.4 cm³/mol. The molecule has 1 atom stereocenters. The molecular formula is C15H20N4. The van der Waals surface area contributed by atoms with Crippen molar-refractivity contribution in [3.05, 3.63) is 42.1 Å². The van der Waals surface area contributed by atoms with Crippen LogP contribution in [0, 0.1) is 0 Å². The van der Waals surface area contributed by atoms with E-state index >= 15 is 0 Å². The van der Waals surface area contributed by atoms with E-state index in [1.165, 1.54) is 12.8 Å². The van der Waals surface area contributed by atoms with E-state index in [0.29, 0.717) is 12.0 Å². The maximum Gasteiger partial charge on any atom is 0.138 e. The second-order valence-electron chi connectivity index (χ2n) is 5.38. The van der Waals surface area contributed by atoms with Gasteiger partial charge in [0.1, 0.15) is 11.6 Å². The number of nitrogens with one attached hydrogen (secondary N) is 1. The fraction of sp³-hybridized carbons (Fsp3) is 0.467. The molecule has 1 aliphatic heterocycles. The number of nitrogens with zero attached hydrogens (tertiary/aromatic N) is 3. The molecule has 0 bridgehead atoms. The van der Waals surface area contributed by atoms with Crippen molar-refractivity contribution in [2.45, 2.75) is 38.6 Å². The summed E-state index contributed by atoms with van der Waals surface area (Å²) in [5, 5.41) is 3.50. The zero-order chi connectivity index (χ0) is 13.2. The Morgan fingerprint density at radius 3 is 3.00 bits per heavy atom. The van der Waals surface area contributed by atoms with E-state index in [1.807, 2.05) is 18.5 Å². The topological polar surface area (TPSA) is 42.7 Å². The highest BCUT2D eigenvalue weighted by molar-refractivity contribution is 5.28. The van der Waals surface area contributed by atoms with Crippen LogP contribution in [-0.4, -0.2) is 21.1 Å². The number of aromatic nitrogens is 3. The summed E-state index contributed by atoms with van der Waals surface area (Å²) in [5.74, 6) is 2.42.